The lowest BCUT2D eigenvalue weighted by molar-refractivity contribution is 0.102. The number of aromatic nitrogens is 1. The first-order valence-corrected chi connectivity index (χ1v) is 6.76. The molecule has 0 aliphatic carbocycles. The highest BCUT2D eigenvalue weighted by Crippen LogP contribution is 2.25. The maximum absolute atomic E-state index is 12.0. The summed E-state index contributed by atoms with van der Waals surface area (Å²) in [5, 5.41) is 7.21. The van der Waals surface area contributed by atoms with Gasteiger partial charge in [0.25, 0.3) is 5.91 Å². The van der Waals surface area contributed by atoms with Gasteiger partial charge in [0, 0.05) is 17.0 Å². The monoisotopic (exact) mass is 312 g/mol. The minimum absolute atomic E-state index is 0.167. The molecule has 1 heterocycles. The zero-order valence-electron chi connectivity index (χ0n) is 11.3. The zero-order valence-corrected chi connectivity index (χ0v) is 12.8. The molecule has 1 N–H and O–H groups in total. The molecule has 0 aliphatic rings. The largest absolute Gasteiger partial charge is 0.359 e. The fourth-order valence-electron chi connectivity index (χ4n) is 1.51. The van der Waals surface area contributed by atoms with E-state index in [9.17, 15) is 4.79 Å². The molecule has 4 nitrogen and oxygen atoms in total. The van der Waals surface area contributed by atoms with Crippen molar-refractivity contribution in [3.8, 4) is 0 Å². The van der Waals surface area contributed by atoms with Crippen molar-refractivity contribution in [2.45, 2.75) is 26.2 Å². The van der Waals surface area contributed by atoms with Crippen LogP contribution in [0.25, 0.3) is 0 Å². The summed E-state index contributed by atoms with van der Waals surface area (Å²) in [5.41, 5.74) is 0.235. The average molecular weight is 313 g/mol. The number of nitrogens with zero attached hydrogens (tertiary/aromatic N) is 1. The Labute approximate surface area is 127 Å². The second-order valence-electron chi connectivity index (χ2n) is 5.41. The summed E-state index contributed by atoms with van der Waals surface area (Å²) >= 11 is 11.7. The third kappa shape index (κ3) is 3.32. The van der Waals surface area contributed by atoms with E-state index >= 15 is 0 Å². The molecule has 0 atom stereocenters. The number of hydrogen-bond donors (Lipinski definition) is 1. The molecule has 0 spiro atoms. The summed E-state index contributed by atoms with van der Waals surface area (Å²) in [6, 6.07) is 6.37. The maximum atomic E-state index is 12.0. The Bertz CT molecular complexity index is 645. The highest BCUT2D eigenvalue weighted by molar-refractivity contribution is 6.42. The molecule has 0 unspecified atom stereocenters. The molecule has 0 fully saturated rings. The molecule has 106 valence electrons. The van der Waals surface area contributed by atoms with Crippen molar-refractivity contribution in [2.75, 3.05) is 5.32 Å². The second-order valence-corrected chi connectivity index (χ2v) is 6.22. The SMILES string of the molecule is CC(C)(C)c1cc(NC(=O)c2ccc(Cl)c(Cl)c2)no1. The molecule has 1 amide bonds. The van der Waals surface area contributed by atoms with Crippen molar-refractivity contribution in [2.24, 2.45) is 0 Å². The molecular formula is C14H14Cl2N2O2. The summed E-state index contributed by atoms with van der Waals surface area (Å²) < 4.78 is 5.20. The van der Waals surface area contributed by atoms with E-state index in [1.165, 1.54) is 6.07 Å². The van der Waals surface area contributed by atoms with E-state index in [0.29, 0.717) is 27.2 Å². The van der Waals surface area contributed by atoms with Crippen molar-refractivity contribution in [1.82, 2.24) is 5.16 Å². The zero-order chi connectivity index (χ0) is 14.9. The lowest BCUT2D eigenvalue weighted by Crippen LogP contribution is -2.12. The fraction of sp³-hybridized carbons (Fsp3) is 0.286. The molecule has 0 saturated heterocycles. The first kappa shape index (κ1) is 14.9. The standard InChI is InChI=1S/C14H14Cl2N2O2/c1-14(2,3)11-7-12(18-20-11)17-13(19)8-4-5-9(15)10(16)6-8/h4-7H,1-3H3,(H,17,18,19). The van der Waals surface area contributed by atoms with E-state index in [2.05, 4.69) is 10.5 Å². The molecule has 1 aromatic heterocycles. The Morgan fingerprint density at radius 1 is 1.20 bits per heavy atom. The summed E-state index contributed by atoms with van der Waals surface area (Å²) in [6.07, 6.45) is 0. The number of nitrogens with one attached hydrogen (secondary N) is 1. The topological polar surface area (TPSA) is 55.1 Å². The second kappa shape index (κ2) is 5.46. The predicted molar refractivity (Wildman–Crippen MR) is 79.6 cm³/mol. The van der Waals surface area contributed by atoms with Gasteiger partial charge in [-0.05, 0) is 18.2 Å². The van der Waals surface area contributed by atoms with Crippen molar-refractivity contribution in [1.29, 1.82) is 0 Å². The molecule has 2 rings (SSSR count). The van der Waals surface area contributed by atoms with Crippen molar-refractivity contribution >= 4 is 34.9 Å². The third-order valence-electron chi connectivity index (χ3n) is 2.67. The van der Waals surface area contributed by atoms with Crippen LogP contribution in [0, 0.1) is 0 Å². The van der Waals surface area contributed by atoms with Gasteiger partial charge in [-0.3, -0.25) is 4.79 Å². The summed E-state index contributed by atoms with van der Waals surface area (Å²) in [4.78, 5) is 12.0. The molecule has 0 bridgehead atoms. The molecule has 0 radical (unpaired) electrons. The Balaban J connectivity index is 2.15. The van der Waals surface area contributed by atoms with Crippen LogP contribution in [-0.4, -0.2) is 11.1 Å². The Kier molecular flexibility index (Phi) is 4.06. The van der Waals surface area contributed by atoms with Gasteiger partial charge in [-0.1, -0.05) is 49.1 Å². The number of hydrogen-bond acceptors (Lipinski definition) is 3. The number of anilines is 1. The Morgan fingerprint density at radius 2 is 1.90 bits per heavy atom. The minimum atomic E-state index is -0.322. The molecule has 1 aromatic carbocycles. The van der Waals surface area contributed by atoms with Gasteiger partial charge in [0.2, 0.25) is 0 Å². The van der Waals surface area contributed by atoms with Gasteiger partial charge >= 0.3 is 0 Å². The van der Waals surface area contributed by atoms with E-state index in [4.69, 9.17) is 27.7 Å². The number of carbonyl (C=O) groups excluding carboxylic acids is 1. The van der Waals surface area contributed by atoms with E-state index in [0.717, 1.165) is 0 Å². The smallest absolute Gasteiger partial charge is 0.256 e. The maximum Gasteiger partial charge on any atom is 0.256 e. The first-order chi connectivity index (χ1) is 9.27. The van der Waals surface area contributed by atoms with Gasteiger partial charge in [-0.25, -0.2) is 0 Å². The van der Waals surface area contributed by atoms with Gasteiger partial charge < -0.3 is 9.84 Å². The highest BCUT2D eigenvalue weighted by atomic mass is 35.5. The number of rotatable bonds is 2. The van der Waals surface area contributed by atoms with Gasteiger partial charge in [0.15, 0.2) is 5.82 Å². The minimum Gasteiger partial charge on any atom is -0.359 e. The van der Waals surface area contributed by atoms with Crippen LogP contribution in [0.5, 0.6) is 0 Å². The molecular weight excluding hydrogens is 299 g/mol. The molecule has 0 aliphatic heterocycles. The van der Waals surface area contributed by atoms with Crippen molar-refractivity contribution in [3.05, 3.63) is 45.6 Å². The van der Waals surface area contributed by atoms with Crippen LogP contribution in [-0.2, 0) is 5.41 Å². The highest BCUT2D eigenvalue weighted by Gasteiger charge is 2.20. The van der Waals surface area contributed by atoms with Gasteiger partial charge in [-0.2, -0.15) is 0 Å². The lowest BCUT2D eigenvalue weighted by atomic mass is 9.93. The molecule has 20 heavy (non-hydrogen) atoms. The van der Waals surface area contributed by atoms with Crippen LogP contribution in [0.15, 0.2) is 28.8 Å². The van der Waals surface area contributed by atoms with E-state index in [-0.39, 0.29) is 11.3 Å². The number of benzene rings is 1. The molecule has 6 heteroatoms. The number of amides is 1. The van der Waals surface area contributed by atoms with Crippen molar-refractivity contribution in [3.63, 3.8) is 0 Å². The molecule has 2 aromatic rings. The predicted octanol–water partition coefficient (Wildman–Crippen LogP) is 4.53. The van der Waals surface area contributed by atoms with Crippen LogP contribution >= 0.6 is 23.2 Å². The van der Waals surface area contributed by atoms with E-state index in [1.807, 2.05) is 20.8 Å². The van der Waals surface area contributed by atoms with Crippen LogP contribution in [0.3, 0.4) is 0 Å². The Hall–Kier alpha value is -1.52. The fourth-order valence-corrected chi connectivity index (χ4v) is 1.81. The third-order valence-corrected chi connectivity index (χ3v) is 3.41. The Morgan fingerprint density at radius 3 is 2.45 bits per heavy atom. The molecule has 0 saturated carbocycles. The van der Waals surface area contributed by atoms with Crippen LogP contribution < -0.4 is 5.32 Å². The summed E-state index contributed by atoms with van der Waals surface area (Å²) in [7, 11) is 0. The van der Waals surface area contributed by atoms with Gasteiger partial charge in [-0.15, -0.1) is 0 Å². The number of carbonyl (C=O) groups is 1. The van der Waals surface area contributed by atoms with Crippen molar-refractivity contribution < 1.29 is 9.32 Å². The summed E-state index contributed by atoms with van der Waals surface area (Å²) in [5.74, 6) is 0.741. The summed E-state index contributed by atoms with van der Waals surface area (Å²) in [6.45, 7) is 5.99. The van der Waals surface area contributed by atoms with E-state index in [1.54, 1.807) is 18.2 Å². The van der Waals surface area contributed by atoms with E-state index < -0.39 is 0 Å². The van der Waals surface area contributed by atoms with Gasteiger partial charge in [0.1, 0.15) is 5.76 Å². The van der Waals surface area contributed by atoms with Crippen LogP contribution in [0.2, 0.25) is 10.0 Å². The first-order valence-electron chi connectivity index (χ1n) is 6.01. The van der Waals surface area contributed by atoms with Crippen LogP contribution in [0.4, 0.5) is 5.82 Å². The lowest BCUT2D eigenvalue weighted by Gasteiger charge is -2.12. The average Bonchev–Trinajstić information content (AvgIpc) is 2.81. The van der Waals surface area contributed by atoms with Crippen LogP contribution in [0.1, 0.15) is 36.9 Å². The quantitative estimate of drug-likeness (QED) is 0.886. The number of halogens is 2. The van der Waals surface area contributed by atoms with Gasteiger partial charge in [0.05, 0.1) is 10.0 Å². The normalized spacial score (nSPS) is 11.4.